The zero-order chi connectivity index (χ0) is 22.2. The van der Waals surface area contributed by atoms with Crippen molar-refractivity contribution in [3.8, 4) is 11.8 Å². The Balaban J connectivity index is 1.67. The molecule has 0 aliphatic rings. The van der Waals surface area contributed by atoms with Gasteiger partial charge in [0.05, 0.1) is 11.1 Å². The number of nitrogens with zero attached hydrogens (tertiary/aromatic N) is 1. The molecule has 0 spiro atoms. The molecule has 3 aromatic rings. The summed E-state index contributed by atoms with van der Waals surface area (Å²) >= 11 is 0. The number of aromatic carboxylic acids is 1. The number of nitrogens with one attached hydrogen (secondary N) is 1. The van der Waals surface area contributed by atoms with Crippen molar-refractivity contribution >= 4 is 29.6 Å². The van der Waals surface area contributed by atoms with E-state index in [-0.39, 0.29) is 11.1 Å². The number of rotatable bonds is 6. The average Bonchev–Trinajstić information content (AvgIpc) is 2.79. The van der Waals surface area contributed by atoms with Crippen molar-refractivity contribution in [1.82, 2.24) is 0 Å². The number of carboxylic acids is 1. The molecule has 3 rings (SSSR count). The van der Waals surface area contributed by atoms with E-state index in [4.69, 9.17) is 9.84 Å². The molecule has 0 unspecified atom stereocenters. The van der Waals surface area contributed by atoms with E-state index in [1.54, 1.807) is 54.6 Å². The lowest BCUT2D eigenvalue weighted by Gasteiger charge is -2.06. The van der Waals surface area contributed by atoms with Crippen molar-refractivity contribution in [3.05, 3.63) is 101 Å². The lowest BCUT2D eigenvalue weighted by Crippen LogP contribution is -2.13. The van der Waals surface area contributed by atoms with Crippen LogP contribution in [0.5, 0.6) is 5.75 Å². The lowest BCUT2D eigenvalue weighted by molar-refractivity contribution is -0.112. The summed E-state index contributed by atoms with van der Waals surface area (Å²) in [6, 6.07) is 22.3. The van der Waals surface area contributed by atoms with E-state index in [1.807, 2.05) is 6.07 Å². The van der Waals surface area contributed by atoms with E-state index in [2.05, 4.69) is 5.32 Å². The fourth-order valence-corrected chi connectivity index (χ4v) is 2.58. The summed E-state index contributed by atoms with van der Waals surface area (Å²) in [5, 5.41) is 20.8. The van der Waals surface area contributed by atoms with E-state index in [1.165, 1.54) is 30.3 Å². The molecule has 7 heteroatoms. The fourth-order valence-electron chi connectivity index (χ4n) is 2.58. The van der Waals surface area contributed by atoms with Gasteiger partial charge in [-0.2, -0.15) is 5.26 Å². The lowest BCUT2D eigenvalue weighted by atomic mass is 10.1. The van der Waals surface area contributed by atoms with Gasteiger partial charge in [-0.15, -0.1) is 0 Å². The van der Waals surface area contributed by atoms with Gasteiger partial charge >= 0.3 is 11.9 Å². The summed E-state index contributed by atoms with van der Waals surface area (Å²) in [7, 11) is 0. The number of benzene rings is 3. The monoisotopic (exact) mass is 412 g/mol. The summed E-state index contributed by atoms with van der Waals surface area (Å²) < 4.78 is 5.29. The first-order valence-corrected chi connectivity index (χ1v) is 9.10. The molecule has 0 atom stereocenters. The molecule has 152 valence electrons. The van der Waals surface area contributed by atoms with Gasteiger partial charge in [-0.25, -0.2) is 9.59 Å². The standard InChI is InChI=1S/C24H16N2O5/c25-15-19(22(27)26-20-10-8-17(9-11-20)23(28)29)14-16-6-12-21(13-7-16)31-24(30)18-4-2-1-3-5-18/h1-14H,(H,26,27)(H,28,29)/b19-14+. The number of amides is 1. The molecule has 0 aliphatic heterocycles. The van der Waals surface area contributed by atoms with Crippen LogP contribution in [0.2, 0.25) is 0 Å². The maximum atomic E-state index is 12.3. The second-order valence-electron chi connectivity index (χ2n) is 6.33. The van der Waals surface area contributed by atoms with Gasteiger partial charge in [0, 0.05) is 5.69 Å². The number of esters is 1. The molecule has 0 radical (unpaired) electrons. The first kappa shape index (κ1) is 21.0. The Hall–Kier alpha value is -4.70. The van der Waals surface area contributed by atoms with Crippen LogP contribution in [0.1, 0.15) is 26.3 Å². The van der Waals surface area contributed by atoms with Gasteiger partial charge in [-0.3, -0.25) is 4.79 Å². The van der Waals surface area contributed by atoms with Gasteiger partial charge in [0.25, 0.3) is 5.91 Å². The minimum atomic E-state index is -1.08. The largest absolute Gasteiger partial charge is 0.478 e. The molecule has 0 heterocycles. The van der Waals surface area contributed by atoms with E-state index in [0.717, 1.165) is 0 Å². The average molecular weight is 412 g/mol. The summed E-state index contributed by atoms with van der Waals surface area (Å²) in [6.07, 6.45) is 1.39. The van der Waals surface area contributed by atoms with Crippen LogP contribution in [0.4, 0.5) is 5.69 Å². The molecule has 0 saturated heterocycles. The number of carbonyl (C=O) groups excluding carboxylic acids is 2. The molecule has 0 saturated carbocycles. The molecule has 7 nitrogen and oxygen atoms in total. The molecular weight excluding hydrogens is 396 g/mol. The Morgan fingerprint density at radius 2 is 1.52 bits per heavy atom. The van der Waals surface area contributed by atoms with E-state index in [0.29, 0.717) is 22.6 Å². The van der Waals surface area contributed by atoms with Crippen LogP contribution >= 0.6 is 0 Å². The molecule has 0 bridgehead atoms. The zero-order valence-electron chi connectivity index (χ0n) is 16.1. The summed E-state index contributed by atoms with van der Waals surface area (Å²) in [4.78, 5) is 35.3. The van der Waals surface area contributed by atoms with Crippen molar-refractivity contribution in [2.45, 2.75) is 0 Å². The van der Waals surface area contributed by atoms with Crippen molar-refractivity contribution in [3.63, 3.8) is 0 Å². The number of carboxylic acid groups (broad SMARTS) is 1. The van der Waals surface area contributed by atoms with Gasteiger partial charge < -0.3 is 15.2 Å². The van der Waals surface area contributed by atoms with E-state index in [9.17, 15) is 19.6 Å². The number of hydrogen-bond acceptors (Lipinski definition) is 5. The second kappa shape index (κ2) is 9.67. The normalized spacial score (nSPS) is 10.6. The predicted molar refractivity (Wildman–Crippen MR) is 113 cm³/mol. The molecule has 2 N–H and O–H groups in total. The highest BCUT2D eigenvalue weighted by atomic mass is 16.5. The first-order valence-electron chi connectivity index (χ1n) is 9.10. The van der Waals surface area contributed by atoms with Crippen LogP contribution < -0.4 is 10.1 Å². The highest BCUT2D eigenvalue weighted by Gasteiger charge is 2.11. The van der Waals surface area contributed by atoms with Crippen LogP contribution in [0.25, 0.3) is 6.08 Å². The van der Waals surface area contributed by atoms with Gasteiger partial charge in [0.1, 0.15) is 17.4 Å². The van der Waals surface area contributed by atoms with Crippen LogP contribution in [-0.4, -0.2) is 23.0 Å². The van der Waals surface area contributed by atoms with Crippen molar-refractivity contribution < 1.29 is 24.2 Å². The van der Waals surface area contributed by atoms with Crippen LogP contribution in [-0.2, 0) is 4.79 Å². The number of hydrogen-bond donors (Lipinski definition) is 2. The quantitative estimate of drug-likeness (QED) is 0.272. The minimum Gasteiger partial charge on any atom is -0.478 e. The number of anilines is 1. The van der Waals surface area contributed by atoms with Crippen molar-refractivity contribution in [1.29, 1.82) is 5.26 Å². The Bertz CT molecular complexity index is 1180. The maximum absolute atomic E-state index is 12.3. The molecule has 3 aromatic carbocycles. The third kappa shape index (κ3) is 5.65. The molecule has 0 fully saturated rings. The van der Waals surface area contributed by atoms with Gasteiger partial charge in [0.15, 0.2) is 0 Å². The third-order valence-corrected chi connectivity index (χ3v) is 4.17. The zero-order valence-corrected chi connectivity index (χ0v) is 16.1. The smallest absolute Gasteiger partial charge is 0.343 e. The molecule has 31 heavy (non-hydrogen) atoms. The summed E-state index contributed by atoms with van der Waals surface area (Å²) in [5.74, 6) is -1.87. The number of carbonyl (C=O) groups is 3. The van der Waals surface area contributed by atoms with E-state index >= 15 is 0 Å². The highest BCUT2D eigenvalue weighted by Crippen LogP contribution is 2.17. The Morgan fingerprint density at radius 3 is 2.10 bits per heavy atom. The first-order chi connectivity index (χ1) is 15.0. The topological polar surface area (TPSA) is 116 Å². The number of ether oxygens (including phenoxy) is 1. The highest BCUT2D eigenvalue weighted by molar-refractivity contribution is 6.09. The third-order valence-electron chi connectivity index (χ3n) is 4.17. The van der Waals surface area contributed by atoms with Crippen LogP contribution in [0.15, 0.2) is 84.4 Å². The second-order valence-corrected chi connectivity index (χ2v) is 6.33. The van der Waals surface area contributed by atoms with Gasteiger partial charge in [-0.05, 0) is 60.2 Å². The fraction of sp³-hybridized carbons (Fsp3) is 0. The molecule has 0 aliphatic carbocycles. The van der Waals surface area contributed by atoms with Crippen molar-refractivity contribution in [2.24, 2.45) is 0 Å². The maximum Gasteiger partial charge on any atom is 0.343 e. The minimum absolute atomic E-state index is 0.0853. The van der Waals surface area contributed by atoms with Crippen LogP contribution in [0, 0.1) is 11.3 Å². The molecular formula is C24H16N2O5. The Morgan fingerprint density at radius 1 is 0.871 bits per heavy atom. The van der Waals surface area contributed by atoms with Crippen LogP contribution in [0.3, 0.4) is 0 Å². The molecule has 1 amide bonds. The summed E-state index contributed by atoms with van der Waals surface area (Å²) in [6.45, 7) is 0. The van der Waals surface area contributed by atoms with Crippen molar-refractivity contribution in [2.75, 3.05) is 5.32 Å². The van der Waals surface area contributed by atoms with Gasteiger partial charge in [-0.1, -0.05) is 30.3 Å². The van der Waals surface area contributed by atoms with Gasteiger partial charge in [0.2, 0.25) is 0 Å². The summed E-state index contributed by atoms with van der Waals surface area (Å²) in [5.41, 5.74) is 1.29. The SMILES string of the molecule is N#C/C(=C\c1ccc(OC(=O)c2ccccc2)cc1)C(=O)Nc1ccc(C(=O)O)cc1. The Kier molecular flexibility index (Phi) is 6.56. The molecule has 0 aromatic heterocycles. The number of nitriles is 1. The Labute approximate surface area is 177 Å². The van der Waals surface area contributed by atoms with E-state index < -0.39 is 17.8 Å². The predicted octanol–water partition coefficient (Wildman–Crippen LogP) is 4.15.